The number of halogens is 1. The maximum atomic E-state index is 5.86. The van der Waals surface area contributed by atoms with Crippen LogP contribution in [-0.4, -0.2) is 40.9 Å². The van der Waals surface area contributed by atoms with Gasteiger partial charge in [-0.15, -0.1) is 10.2 Å². The first-order chi connectivity index (χ1) is 8.25. The Morgan fingerprint density at radius 2 is 2.24 bits per heavy atom. The molecule has 2 fully saturated rings. The molecule has 0 radical (unpaired) electrons. The lowest BCUT2D eigenvalue weighted by Crippen LogP contribution is -2.46. The minimum atomic E-state index is 0.395. The van der Waals surface area contributed by atoms with E-state index in [1.165, 1.54) is 12.8 Å². The topological polar surface area (TPSA) is 53.9 Å². The number of nitrogens with zero attached hydrogens (tertiary/aromatic N) is 4. The number of nitrogens with one attached hydrogen (secondary N) is 1. The fraction of sp³-hybridized carbons (Fsp3) is 0.727. The van der Waals surface area contributed by atoms with E-state index in [0.29, 0.717) is 11.2 Å². The second-order valence-electron chi connectivity index (χ2n) is 4.79. The van der Waals surface area contributed by atoms with E-state index >= 15 is 0 Å². The van der Waals surface area contributed by atoms with Gasteiger partial charge in [0.25, 0.3) is 0 Å². The standard InChI is InChI=1S/C11H16ClN5/c1-7-10(12)15-16-11(14-7)17-5-3-8-2-4-13-6-9(8)17/h8-9,13H,2-6H2,1H3/t8-,9?/m1/s1. The van der Waals surface area contributed by atoms with Crippen LogP contribution in [0.3, 0.4) is 0 Å². The molecule has 1 aromatic heterocycles. The molecule has 1 aromatic rings. The van der Waals surface area contributed by atoms with Gasteiger partial charge in [0, 0.05) is 19.1 Å². The second-order valence-corrected chi connectivity index (χ2v) is 5.15. The quantitative estimate of drug-likeness (QED) is 0.810. The maximum absolute atomic E-state index is 5.86. The van der Waals surface area contributed by atoms with Crippen molar-refractivity contribution in [2.24, 2.45) is 5.92 Å². The summed E-state index contributed by atoms with van der Waals surface area (Å²) < 4.78 is 0. The van der Waals surface area contributed by atoms with Gasteiger partial charge in [-0.05, 0) is 32.2 Å². The molecule has 3 rings (SSSR count). The van der Waals surface area contributed by atoms with Gasteiger partial charge in [0.15, 0.2) is 5.15 Å². The SMILES string of the molecule is Cc1nc(N2CC[C@H]3CCNCC32)nnc1Cl. The zero-order chi connectivity index (χ0) is 11.8. The number of aryl methyl sites for hydroxylation is 1. The molecule has 92 valence electrons. The van der Waals surface area contributed by atoms with Crippen molar-refractivity contribution in [1.82, 2.24) is 20.5 Å². The molecule has 1 unspecified atom stereocenters. The highest BCUT2D eigenvalue weighted by atomic mass is 35.5. The Balaban J connectivity index is 1.86. The fourth-order valence-electron chi connectivity index (χ4n) is 2.82. The van der Waals surface area contributed by atoms with Gasteiger partial charge in [0.2, 0.25) is 5.95 Å². The summed E-state index contributed by atoms with van der Waals surface area (Å²) in [6, 6.07) is 0.520. The Hall–Kier alpha value is -0.940. The average Bonchev–Trinajstić information content (AvgIpc) is 2.76. The number of anilines is 1. The molecule has 1 N–H and O–H groups in total. The van der Waals surface area contributed by atoms with E-state index in [9.17, 15) is 0 Å². The Kier molecular flexibility index (Phi) is 2.88. The first-order valence-corrected chi connectivity index (χ1v) is 6.47. The van der Waals surface area contributed by atoms with Crippen LogP contribution in [0.15, 0.2) is 0 Å². The van der Waals surface area contributed by atoms with Gasteiger partial charge in [0.1, 0.15) is 0 Å². The third-order valence-corrected chi connectivity index (χ3v) is 4.13. The molecular weight excluding hydrogens is 238 g/mol. The summed E-state index contributed by atoms with van der Waals surface area (Å²) in [6.45, 7) is 5.05. The van der Waals surface area contributed by atoms with E-state index in [0.717, 1.165) is 37.2 Å². The summed E-state index contributed by atoms with van der Waals surface area (Å²) in [4.78, 5) is 6.71. The molecule has 6 heteroatoms. The molecule has 0 aromatic carbocycles. The Labute approximate surface area is 106 Å². The van der Waals surface area contributed by atoms with Crippen molar-refractivity contribution in [3.8, 4) is 0 Å². The molecule has 2 aliphatic heterocycles. The monoisotopic (exact) mass is 253 g/mol. The van der Waals surface area contributed by atoms with Crippen molar-refractivity contribution in [1.29, 1.82) is 0 Å². The largest absolute Gasteiger partial charge is 0.335 e. The van der Waals surface area contributed by atoms with Crippen LogP contribution in [0.4, 0.5) is 5.95 Å². The predicted octanol–water partition coefficient (Wildman–Crippen LogP) is 1.02. The van der Waals surface area contributed by atoms with Crippen LogP contribution >= 0.6 is 11.6 Å². The van der Waals surface area contributed by atoms with Gasteiger partial charge in [-0.25, -0.2) is 4.98 Å². The minimum absolute atomic E-state index is 0.395. The molecule has 0 bridgehead atoms. The number of rotatable bonds is 1. The highest BCUT2D eigenvalue weighted by Gasteiger charge is 2.37. The van der Waals surface area contributed by atoms with E-state index in [4.69, 9.17) is 11.6 Å². The Morgan fingerprint density at radius 1 is 1.35 bits per heavy atom. The summed E-state index contributed by atoms with van der Waals surface area (Å²) in [5, 5.41) is 11.9. The lowest BCUT2D eigenvalue weighted by atomic mass is 9.93. The van der Waals surface area contributed by atoms with Gasteiger partial charge in [-0.3, -0.25) is 0 Å². The summed E-state index contributed by atoms with van der Waals surface area (Å²) in [5.74, 6) is 1.50. The number of piperidine rings is 1. The summed E-state index contributed by atoms with van der Waals surface area (Å²) in [7, 11) is 0. The van der Waals surface area contributed by atoms with Gasteiger partial charge in [-0.1, -0.05) is 11.6 Å². The molecular formula is C11H16ClN5. The molecule has 0 amide bonds. The van der Waals surface area contributed by atoms with E-state index in [1.54, 1.807) is 0 Å². The molecule has 5 nitrogen and oxygen atoms in total. The Bertz CT molecular complexity index is 424. The number of fused-ring (bicyclic) bond motifs is 1. The first kappa shape index (κ1) is 11.2. The van der Waals surface area contributed by atoms with Crippen molar-refractivity contribution >= 4 is 17.5 Å². The second kappa shape index (κ2) is 4.38. The van der Waals surface area contributed by atoms with E-state index in [-0.39, 0.29) is 0 Å². The summed E-state index contributed by atoms with van der Waals surface area (Å²) in [6.07, 6.45) is 2.48. The zero-order valence-electron chi connectivity index (χ0n) is 9.86. The van der Waals surface area contributed by atoms with Crippen LogP contribution in [0.5, 0.6) is 0 Å². The number of hydrogen-bond acceptors (Lipinski definition) is 5. The van der Waals surface area contributed by atoms with Gasteiger partial charge >= 0.3 is 0 Å². The molecule has 3 heterocycles. The zero-order valence-corrected chi connectivity index (χ0v) is 10.6. The highest BCUT2D eigenvalue weighted by Crippen LogP contribution is 2.31. The predicted molar refractivity (Wildman–Crippen MR) is 66.3 cm³/mol. The lowest BCUT2D eigenvalue weighted by molar-refractivity contribution is 0.357. The highest BCUT2D eigenvalue weighted by molar-refractivity contribution is 6.29. The normalized spacial score (nSPS) is 28.2. The van der Waals surface area contributed by atoms with Crippen molar-refractivity contribution in [3.63, 3.8) is 0 Å². The van der Waals surface area contributed by atoms with Crippen molar-refractivity contribution < 1.29 is 0 Å². The van der Waals surface area contributed by atoms with Crippen LogP contribution in [-0.2, 0) is 0 Å². The fourth-order valence-corrected chi connectivity index (χ4v) is 2.90. The third kappa shape index (κ3) is 1.98. The molecule has 0 spiro atoms. The van der Waals surface area contributed by atoms with Gasteiger partial charge in [0.05, 0.1) is 5.69 Å². The molecule has 0 aliphatic carbocycles. The van der Waals surface area contributed by atoms with E-state index in [2.05, 4.69) is 25.4 Å². The van der Waals surface area contributed by atoms with Crippen LogP contribution in [0, 0.1) is 12.8 Å². The maximum Gasteiger partial charge on any atom is 0.245 e. The van der Waals surface area contributed by atoms with Crippen LogP contribution in [0.25, 0.3) is 0 Å². The first-order valence-electron chi connectivity index (χ1n) is 6.10. The van der Waals surface area contributed by atoms with E-state index < -0.39 is 0 Å². The number of aromatic nitrogens is 3. The minimum Gasteiger partial charge on any atom is -0.335 e. The van der Waals surface area contributed by atoms with Gasteiger partial charge < -0.3 is 10.2 Å². The van der Waals surface area contributed by atoms with Crippen LogP contribution in [0.2, 0.25) is 5.15 Å². The molecule has 2 aliphatic rings. The van der Waals surface area contributed by atoms with E-state index in [1.807, 2.05) is 6.92 Å². The van der Waals surface area contributed by atoms with Gasteiger partial charge in [-0.2, -0.15) is 0 Å². The Morgan fingerprint density at radius 3 is 3.06 bits per heavy atom. The van der Waals surface area contributed by atoms with Crippen LogP contribution in [0.1, 0.15) is 18.5 Å². The molecule has 0 saturated carbocycles. The summed E-state index contributed by atoms with van der Waals surface area (Å²) in [5.41, 5.74) is 0.754. The van der Waals surface area contributed by atoms with Crippen molar-refractivity contribution in [3.05, 3.63) is 10.8 Å². The summed E-state index contributed by atoms with van der Waals surface area (Å²) >= 11 is 5.86. The van der Waals surface area contributed by atoms with Crippen molar-refractivity contribution in [2.75, 3.05) is 24.5 Å². The number of hydrogen-bond donors (Lipinski definition) is 1. The lowest BCUT2D eigenvalue weighted by Gasteiger charge is -2.31. The smallest absolute Gasteiger partial charge is 0.245 e. The third-order valence-electron chi connectivity index (χ3n) is 3.78. The molecule has 17 heavy (non-hydrogen) atoms. The average molecular weight is 254 g/mol. The van der Waals surface area contributed by atoms with Crippen molar-refractivity contribution in [2.45, 2.75) is 25.8 Å². The molecule has 2 atom stereocenters. The molecule has 2 saturated heterocycles. The van der Waals surface area contributed by atoms with Crippen LogP contribution < -0.4 is 10.2 Å².